The van der Waals surface area contributed by atoms with Crippen molar-refractivity contribution >= 4 is 21.7 Å². The van der Waals surface area contributed by atoms with Crippen LogP contribution in [0.4, 0.5) is 8.78 Å². The number of benzene rings is 1. The van der Waals surface area contributed by atoms with Crippen LogP contribution in [0.5, 0.6) is 0 Å². The number of Topliss-reactive ketones (excluding diaryl/α,β-unsaturated/α-hetero) is 1. The minimum Gasteiger partial charge on any atom is -0.315 e. The van der Waals surface area contributed by atoms with Crippen LogP contribution >= 0.6 is 15.9 Å². The third-order valence-corrected chi connectivity index (χ3v) is 3.07. The highest BCUT2D eigenvalue weighted by molar-refractivity contribution is 9.10. The first-order chi connectivity index (χ1) is 8.43. The molecule has 0 saturated heterocycles. The maximum Gasteiger partial charge on any atom is 0.168 e. The van der Waals surface area contributed by atoms with Gasteiger partial charge in [-0.2, -0.15) is 0 Å². The van der Waals surface area contributed by atoms with Gasteiger partial charge in [-0.05, 0) is 41.0 Å². The summed E-state index contributed by atoms with van der Waals surface area (Å²) < 4.78 is 27.2. The Morgan fingerprint density at radius 3 is 2.67 bits per heavy atom. The summed E-state index contributed by atoms with van der Waals surface area (Å²) in [5.41, 5.74) is -0.450. The van der Waals surface area contributed by atoms with Gasteiger partial charge in [0.25, 0.3) is 0 Å². The summed E-state index contributed by atoms with van der Waals surface area (Å²) in [4.78, 5) is 11.8. The molecule has 0 radical (unpaired) electrons. The molecule has 0 amide bonds. The Bertz CT molecular complexity index is 435. The Morgan fingerprint density at radius 1 is 1.39 bits per heavy atom. The predicted molar refractivity (Wildman–Crippen MR) is 70.8 cm³/mol. The van der Waals surface area contributed by atoms with Gasteiger partial charge in [0, 0.05) is 12.5 Å². The largest absolute Gasteiger partial charge is 0.315 e. The van der Waals surface area contributed by atoms with Crippen molar-refractivity contribution in [2.75, 3.05) is 6.54 Å². The molecule has 0 atom stereocenters. The van der Waals surface area contributed by atoms with Gasteiger partial charge in [0.2, 0.25) is 0 Å². The quantitative estimate of drug-likeness (QED) is 0.492. The van der Waals surface area contributed by atoms with Crippen LogP contribution in [0.1, 0.15) is 37.0 Å². The van der Waals surface area contributed by atoms with Crippen LogP contribution in [0.25, 0.3) is 0 Å². The predicted octanol–water partition coefficient (Wildman–Crippen LogP) is 3.69. The van der Waals surface area contributed by atoms with Gasteiger partial charge < -0.3 is 5.32 Å². The molecule has 18 heavy (non-hydrogen) atoms. The van der Waals surface area contributed by atoms with E-state index in [1.807, 2.05) is 13.8 Å². The molecule has 0 aliphatic carbocycles. The van der Waals surface area contributed by atoms with Gasteiger partial charge in [-0.3, -0.25) is 4.79 Å². The monoisotopic (exact) mass is 319 g/mol. The second-order valence-electron chi connectivity index (χ2n) is 4.35. The molecule has 0 heterocycles. The van der Waals surface area contributed by atoms with Crippen LogP contribution in [0.3, 0.4) is 0 Å². The fourth-order valence-corrected chi connectivity index (χ4v) is 1.88. The van der Waals surface area contributed by atoms with Crippen LogP contribution < -0.4 is 5.32 Å². The number of hydrogen-bond donors (Lipinski definition) is 1. The molecular formula is C13H16BrF2NO. The van der Waals surface area contributed by atoms with E-state index in [4.69, 9.17) is 0 Å². The van der Waals surface area contributed by atoms with E-state index in [-0.39, 0.29) is 10.9 Å². The number of nitrogens with one attached hydrogen (secondary N) is 1. The highest BCUT2D eigenvalue weighted by Gasteiger charge is 2.19. The fourth-order valence-electron chi connectivity index (χ4n) is 1.55. The van der Waals surface area contributed by atoms with Crippen molar-refractivity contribution in [1.82, 2.24) is 5.32 Å². The van der Waals surface area contributed by atoms with Crippen LogP contribution in [0, 0.1) is 11.6 Å². The van der Waals surface area contributed by atoms with E-state index >= 15 is 0 Å². The summed E-state index contributed by atoms with van der Waals surface area (Å²) in [6.07, 6.45) is 0.687. The maximum atomic E-state index is 13.6. The number of ketones is 1. The Kier molecular flexibility index (Phi) is 5.88. The van der Waals surface area contributed by atoms with E-state index in [9.17, 15) is 13.6 Å². The van der Waals surface area contributed by atoms with E-state index in [1.54, 1.807) is 0 Å². The van der Waals surface area contributed by atoms with E-state index in [0.717, 1.165) is 6.07 Å². The highest BCUT2D eigenvalue weighted by atomic mass is 79.9. The van der Waals surface area contributed by atoms with Crippen molar-refractivity contribution in [2.45, 2.75) is 32.7 Å². The highest BCUT2D eigenvalue weighted by Crippen LogP contribution is 2.23. The lowest BCUT2D eigenvalue weighted by Crippen LogP contribution is -2.24. The SMILES string of the molecule is CC(C)NCCCC(=O)c1c(F)ccc(Br)c1F. The van der Waals surface area contributed by atoms with E-state index in [1.165, 1.54) is 6.07 Å². The molecule has 0 aliphatic heterocycles. The number of rotatable bonds is 6. The van der Waals surface area contributed by atoms with Crippen LogP contribution in [0.15, 0.2) is 16.6 Å². The molecule has 0 fully saturated rings. The number of carbonyl (C=O) groups is 1. The normalized spacial score (nSPS) is 11.0. The maximum absolute atomic E-state index is 13.6. The Balaban J connectivity index is 2.65. The molecule has 1 rings (SSSR count). The van der Waals surface area contributed by atoms with Crippen molar-refractivity contribution in [3.8, 4) is 0 Å². The smallest absolute Gasteiger partial charge is 0.168 e. The van der Waals surface area contributed by atoms with Crippen molar-refractivity contribution in [2.24, 2.45) is 0 Å². The van der Waals surface area contributed by atoms with E-state index in [0.29, 0.717) is 19.0 Å². The molecule has 1 aromatic rings. The second kappa shape index (κ2) is 6.95. The van der Waals surface area contributed by atoms with Crippen LogP contribution in [-0.4, -0.2) is 18.4 Å². The average molecular weight is 320 g/mol. The number of halogens is 3. The van der Waals surface area contributed by atoms with Gasteiger partial charge in [0.05, 0.1) is 10.0 Å². The third-order valence-electron chi connectivity index (χ3n) is 2.46. The molecule has 5 heteroatoms. The Morgan fingerprint density at radius 2 is 2.06 bits per heavy atom. The van der Waals surface area contributed by atoms with E-state index < -0.39 is 23.0 Å². The summed E-state index contributed by atoms with van der Waals surface area (Å²) in [6, 6.07) is 2.67. The molecule has 0 aromatic heterocycles. The summed E-state index contributed by atoms with van der Waals surface area (Å²) in [6.45, 7) is 4.64. The van der Waals surface area contributed by atoms with Gasteiger partial charge in [0.15, 0.2) is 11.6 Å². The third kappa shape index (κ3) is 4.14. The standard InChI is InChI=1S/C13H16BrF2NO/c1-8(2)17-7-3-4-11(18)12-10(15)6-5-9(14)13(12)16/h5-6,8,17H,3-4,7H2,1-2H3. The van der Waals surface area contributed by atoms with Crippen molar-refractivity contribution in [1.29, 1.82) is 0 Å². The van der Waals surface area contributed by atoms with Gasteiger partial charge in [-0.25, -0.2) is 8.78 Å². The number of carbonyl (C=O) groups excluding carboxylic acids is 1. The average Bonchev–Trinajstić information content (AvgIpc) is 2.30. The molecule has 100 valence electrons. The van der Waals surface area contributed by atoms with Gasteiger partial charge >= 0.3 is 0 Å². The van der Waals surface area contributed by atoms with Gasteiger partial charge in [0.1, 0.15) is 5.82 Å². The molecule has 0 aliphatic rings. The summed E-state index contributed by atoms with van der Waals surface area (Å²) in [7, 11) is 0. The van der Waals surface area contributed by atoms with Crippen molar-refractivity contribution in [3.63, 3.8) is 0 Å². The minimum atomic E-state index is -0.822. The fraction of sp³-hybridized carbons (Fsp3) is 0.462. The zero-order valence-electron chi connectivity index (χ0n) is 10.4. The number of hydrogen-bond acceptors (Lipinski definition) is 2. The molecule has 2 nitrogen and oxygen atoms in total. The Labute approximate surface area is 114 Å². The summed E-state index contributed by atoms with van der Waals surface area (Å²) in [5.74, 6) is -2.13. The van der Waals surface area contributed by atoms with Gasteiger partial charge in [-0.1, -0.05) is 13.8 Å². The topological polar surface area (TPSA) is 29.1 Å². The first kappa shape index (κ1) is 15.2. The molecule has 0 saturated carbocycles. The molecule has 0 spiro atoms. The molecule has 1 N–H and O–H groups in total. The molecule has 0 bridgehead atoms. The summed E-state index contributed by atoms with van der Waals surface area (Å²) >= 11 is 2.94. The van der Waals surface area contributed by atoms with Gasteiger partial charge in [-0.15, -0.1) is 0 Å². The minimum absolute atomic E-state index is 0.104. The first-order valence-corrected chi connectivity index (χ1v) is 6.63. The van der Waals surface area contributed by atoms with E-state index in [2.05, 4.69) is 21.2 Å². The van der Waals surface area contributed by atoms with Crippen LogP contribution in [-0.2, 0) is 0 Å². The van der Waals surface area contributed by atoms with Crippen molar-refractivity contribution in [3.05, 3.63) is 33.8 Å². The zero-order chi connectivity index (χ0) is 13.7. The lowest BCUT2D eigenvalue weighted by Gasteiger charge is -2.08. The van der Waals surface area contributed by atoms with Crippen LogP contribution in [0.2, 0.25) is 0 Å². The molecular weight excluding hydrogens is 304 g/mol. The summed E-state index contributed by atoms with van der Waals surface area (Å²) in [5, 5.41) is 3.14. The van der Waals surface area contributed by atoms with Crippen molar-refractivity contribution < 1.29 is 13.6 Å². The molecule has 1 aromatic carbocycles. The second-order valence-corrected chi connectivity index (χ2v) is 5.21. The zero-order valence-corrected chi connectivity index (χ0v) is 12.0. The lowest BCUT2D eigenvalue weighted by atomic mass is 10.1. The lowest BCUT2D eigenvalue weighted by molar-refractivity contribution is 0.0971. The Hall–Kier alpha value is -0.810. The molecule has 0 unspecified atom stereocenters. The first-order valence-electron chi connectivity index (χ1n) is 5.83.